The molecule has 1 amide bonds. The molecule has 0 aliphatic heterocycles. The number of pyridine rings is 1. The van der Waals surface area contributed by atoms with E-state index in [2.05, 4.69) is 31.5 Å². The molecule has 6 heteroatoms. The second kappa shape index (κ2) is 8.64. The Kier molecular flexibility index (Phi) is 6.55. The van der Waals surface area contributed by atoms with Crippen molar-refractivity contribution in [2.75, 3.05) is 25.6 Å². The number of aryl methyl sites for hydroxylation is 1. The van der Waals surface area contributed by atoms with Crippen molar-refractivity contribution < 1.29 is 9.53 Å². The normalized spacial score (nSPS) is 10.4. The van der Waals surface area contributed by atoms with E-state index in [9.17, 15) is 4.79 Å². The number of ether oxygens (including phenoxy) is 1. The second-order valence-electron chi connectivity index (χ2n) is 5.12. The lowest BCUT2D eigenvalue weighted by Gasteiger charge is -2.10. The maximum absolute atomic E-state index is 12.0. The van der Waals surface area contributed by atoms with E-state index < -0.39 is 0 Å². The predicted molar refractivity (Wildman–Crippen MR) is 95.2 cm³/mol. The first-order chi connectivity index (χ1) is 11.1. The Hall–Kier alpha value is -1.92. The van der Waals surface area contributed by atoms with E-state index in [0.29, 0.717) is 24.5 Å². The zero-order valence-corrected chi connectivity index (χ0v) is 14.8. The summed E-state index contributed by atoms with van der Waals surface area (Å²) in [6.45, 7) is 3.24. The fourth-order valence-corrected chi connectivity index (χ4v) is 2.50. The van der Waals surface area contributed by atoms with Gasteiger partial charge in [0.05, 0.1) is 5.56 Å². The molecule has 0 saturated carbocycles. The number of halogens is 1. The van der Waals surface area contributed by atoms with E-state index in [1.165, 1.54) is 0 Å². The molecule has 5 nitrogen and oxygen atoms in total. The summed E-state index contributed by atoms with van der Waals surface area (Å²) in [5, 5.41) is 6.08. The molecule has 0 aliphatic rings. The summed E-state index contributed by atoms with van der Waals surface area (Å²) in [5.41, 5.74) is 2.64. The van der Waals surface area contributed by atoms with Crippen LogP contribution in [0.5, 0.6) is 0 Å². The maximum atomic E-state index is 12.0. The molecule has 122 valence electrons. The van der Waals surface area contributed by atoms with Gasteiger partial charge in [-0.15, -0.1) is 0 Å². The van der Waals surface area contributed by atoms with Crippen LogP contribution in [0.2, 0.25) is 0 Å². The van der Waals surface area contributed by atoms with Gasteiger partial charge in [-0.2, -0.15) is 0 Å². The van der Waals surface area contributed by atoms with Crippen LogP contribution in [0.15, 0.2) is 41.0 Å². The molecule has 0 saturated heterocycles. The lowest BCUT2D eigenvalue weighted by atomic mass is 10.2. The Morgan fingerprint density at radius 1 is 1.30 bits per heavy atom. The van der Waals surface area contributed by atoms with Crippen molar-refractivity contribution in [1.82, 2.24) is 10.3 Å². The van der Waals surface area contributed by atoms with Gasteiger partial charge in [0.2, 0.25) is 0 Å². The SMILES string of the molecule is COCCCNC(=O)c1ccc(Nc2ccc(Br)cc2C)nc1. The maximum Gasteiger partial charge on any atom is 0.252 e. The van der Waals surface area contributed by atoms with Gasteiger partial charge in [-0.25, -0.2) is 4.98 Å². The lowest BCUT2D eigenvalue weighted by Crippen LogP contribution is -2.25. The summed E-state index contributed by atoms with van der Waals surface area (Å²) in [7, 11) is 1.64. The molecule has 0 unspecified atom stereocenters. The van der Waals surface area contributed by atoms with Gasteiger partial charge >= 0.3 is 0 Å². The highest BCUT2D eigenvalue weighted by Crippen LogP contribution is 2.22. The number of anilines is 2. The van der Waals surface area contributed by atoms with Gasteiger partial charge in [0, 0.05) is 36.6 Å². The molecule has 0 fully saturated rings. The average Bonchev–Trinajstić information content (AvgIpc) is 2.55. The number of carbonyl (C=O) groups excluding carboxylic acids is 1. The number of carbonyl (C=O) groups is 1. The highest BCUT2D eigenvalue weighted by molar-refractivity contribution is 9.10. The predicted octanol–water partition coefficient (Wildman–Crippen LogP) is 3.66. The number of rotatable bonds is 7. The minimum absolute atomic E-state index is 0.125. The number of hydrogen-bond donors (Lipinski definition) is 2. The first-order valence-electron chi connectivity index (χ1n) is 7.36. The Labute approximate surface area is 144 Å². The Morgan fingerprint density at radius 3 is 2.78 bits per heavy atom. The van der Waals surface area contributed by atoms with Crippen molar-refractivity contribution in [3.05, 3.63) is 52.1 Å². The van der Waals surface area contributed by atoms with E-state index in [1.54, 1.807) is 25.4 Å². The fraction of sp³-hybridized carbons (Fsp3) is 0.294. The lowest BCUT2D eigenvalue weighted by molar-refractivity contribution is 0.0948. The summed E-state index contributed by atoms with van der Waals surface area (Å²) in [6.07, 6.45) is 2.36. The summed E-state index contributed by atoms with van der Waals surface area (Å²) >= 11 is 3.44. The number of amides is 1. The minimum atomic E-state index is -0.125. The monoisotopic (exact) mass is 377 g/mol. The van der Waals surface area contributed by atoms with E-state index >= 15 is 0 Å². The largest absolute Gasteiger partial charge is 0.385 e. The molecule has 2 aromatic rings. The van der Waals surface area contributed by atoms with Gasteiger partial charge in [0.25, 0.3) is 5.91 Å². The first-order valence-corrected chi connectivity index (χ1v) is 8.16. The van der Waals surface area contributed by atoms with Crippen LogP contribution in [-0.4, -0.2) is 31.2 Å². The van der Waals surface area contributed by atoms with Crippen molar-refractivity contribution in [2.24, 2.45) is 0 Å². The van der Waals surface area contributed by atoms with Crippen molar-refractivity contribution in [2.45, 2.75) is 13.3 Å². The smallest absolute Gasteiger partial charge is 0.252 e. The number of nitrogens with one attached hydrogen (secondary N) is 2. The molecule has 2 N–H and O–H groups in total. The molecule has 0 bridgehead atoms. The third-order valence-electron chi connectivity index (χ3n) is 3.29. The molecule has 1 aromatic carbocycles. The van der Waals surface area contributed by atoms with Crippen molar-refractivity contribution >= 4 is 33.3 Å². The molecule has 2 rings (SSSR count). The molecule has 1 heterocycles. The van der Waals surface area contributed by atoms with Crippen LogP contribution < -0.4 is 10.6 Å². The first kappa shape index (κ1) is 17.4. The summed E-state index contributed by atoms with van der Waals surface area (Å²) in [6, 6.07) is 9.54. The molecule has 0 atom stereocenters. The van der Waals surface area contributed by atoms with Gasteiger partial charge in [0.15, 0.2) is 0 Å². The molecule has 0 radical (unpaired) electrons. The molecule has 23 heavy (non-hydrogen) atoms. The summed E-state index contributed by atoms with van der Waals surface area (Å²) in [5.74, 6) is 0.575. The van der Waals surface area contributed by atoms with E-state index in [-0.39, 0.29) is 5.91 Å². The zero-order chi connectivity index (χ0) is 16.7. The van der Waals surface area contributed by atoms with Crippen molar-refractivity contribution in [3.63, 3.8) is 0 Å². The van der Waals surface area contributed by atoms with Crippen LogP contribution in [-0.2, 0) is 4.74 Å². The van der Waals surface area contributed by atoms with Crippen LogP contribution in [0, 0.1) is 6.92 Å². The quantitative estimate of drug-likeness (QED) is 0.722. The minimum Gasteiger partial charge on any atom is -0.385 e. The Balaban J connectivity index is 1.95. The molecular formula is C17H20BrN3O2. The number of aromatic nitrogens is 1. The van der Waals surface area contributed by atoms with E-state index in [1.807, 2.05) is 25.1 Å². The number of hydrogen-bond acceptors (Lipinski definition) is 4. The van der Waals surface area contributed by atoms with Crippen LogP contribution >= 0.6 is 15.9 Å². The zero-order valence-electron chi connectivity index (χ0n) is 13.2. The van der Waals surface area contributed by atoms with E-state index in [4.69, 9.17) is 4.74 Å². The second-order valence-corrected chi connectivity index (χ2v) is 6.03. The third kappa shape index (κ3) is 5.33. The highest BCUT2D eigenvalue weighted by atomic mass is 79.9. The molecule has 1 aromatic heterocycles. The average molecular weight is 378 g/mol. The summed E-state index contributed by atoms with van der Waals surface area (Å²) < 4.78 is 5.98. The van der Waals surface area contributed by atoms with Crippen LogP contribution in [0.1, 0.15) is 22.3 Å². The fourth-order valence-electron chi connectivity index (χ4n) is 2.03. The Bertz CT molecular complexity index is 659. The molecule has 0 aliphatic carbocycles. The summed E-state index contributed by atoms with van der Waals surface area (Å²) in [4.78, 5) is 16.2. The standard InChI is InChI=1S/C17H20BrN3O2/c1-12-10-14(18)5-6-15(12)21-16-7-4-13(11-20-16)17(22)19-8-3-9-23-2/h4-7,10-11H,3,8-9H2,1-2H3,(H,19,22)(H,20,21). The van der Waals surface area contributed by atoms with Crippen LogP contribution in [0.25, 0.3) is 0 Å². The number of nitrogens with zero attached hydrogens (tertiary/aromatic N) is 1. The Morgan fingerprint density at radius 2 is 2.13 bits per heavy atom. The topological polar surface area (TPSA) is 63.2 Å². The van der Waals surface area contributed by atoms with Gasteiger partial charge in [0.1, 0.15) is 5.82 Å². The van der Waals surface area contributed by atoms with Crippen molar-refractivity contribution in [3.8, 4) is 0 Å². The molecule has 0 spiro atoms. The van der Waals surface area contributed by atoms with Crippen LogP contribution in [0.4, 0.5) is 11.5 Å². The van der Waals surface area contributed by atoms with Crippen LogP contribution in [0.3, 0.4) is 0 Å². The highest BCUT2D eigenvalue weighted by Gasteiger charge is 2.06. The third-order valence-corrected chi connectivity index (χ3v) is 3.78. The van der Waals surface area contributed by atoms with Gasteiger partial charge < -0.3 is 15.4 Å². The van der Waals surface area contributed by atoms with Gasteiger partial charge in [-0.1, -0.05) is 15.9 Å². The van der Waals surface area contributed by atoms with Gasteiger partial charge in [-0.05, 0) is 49.2 Å². The van der Waals surface area contributed by atoms with Gasteiger partial charge in [-0.3, -0.25) is 4.79 Å². The molecular weight excluding hydrogens is 358 g/mol. The number of methoxy groups -OCH3 is 1. The van der Waals surface area contributed by atoms with E-state index in [0.717, 1.165) is 22.1 Å². The number of benzene rings is 1. The van der Waals surface area contributed by atoms with Crippen molar-refractivity contribution in [1.29, 1.82) is 0 Å².